The monoisotopic (exact) mass is 318 g/mol. The number of likely N-dealkylation sites (tertiary alicyclic amines) is 1. The van der Waals surface area contributed by atoms with E-state index in [1.54, 1.807) is 4.90 Å². The van der Waals surface area contributed by atoms with Crippen LogP contribution in [-0.2, 0) is 20.7 Å². The van der Waals surface area contributed by atoms with Gasteiger partial charge in [-0.3, -0.25) is 4.79 Å². The van der Waals surface area contributed by atoms with E-state index in [1.165, 1.54) is 0 Å². The number of nitrogens with zero attached hydrogens (tertiary/aromatic N) is 1. The van der Waals surface area contributed by atoms with Crippen molar-refractivity contribution < 1.29 is 14.3 Å². The molecular formula is C18H26N2O3. The highest BCUT2D eigenvalue weighted by molar-refractivity contribution is 5.88. The Morgan fingerprint density at radius 2 is 1.96 bits per heavy atom. The lowest BCUT2D eigenvalue weighted by atomic mass is 10.1. The standard InChI is InChI=1S/C18H26N2O3/c1-18(2,3)23-17(22)15-10-7-11-20(15)16(21)14(19)12-13-8-5-4-6-9-13/h4-6,8-9,14-15H,7,10-12,19H2,1-3H3/t14-,15-/m0/s1. The van der Waals surface area contributed by atoms with Gasteiger partial charge in [-0.25, -0.2) is 4.79 Å². The molecule has 1 heterocycles. The second-order valence-corrected chi connectivity index (χ2v) is 7.02. The molecule has 1 fully saturated rings. The average molecular weight is 318 g/mol. The first kappa shape index (κ1) is 17.5. The highest BCUT2D eigenvalue weighted by Crippen LogP contribution is 2.22. The molecule has 0 spiro atoms. The molecule has 0 aromatic heterocycles. The highest BCUT2D eigenvalue weighted by atomic mass is 16.6. The number of esters is 1. The van der Waals surface area contributed by atoms with Gasteiger partial charge in [-0.1, -0.05) is 30.3 Å². The van der Waals surface area contributed by atoms with Gasteiger partial charge in [0.05, 0.1) is 6.04 Å². The molecular weight excluding hydrogens is 292 g/mol. The van der Waals surface area contributed by atoms with Crippen LogP contribution in [0.3, 0.4) is 0 Å². The van der Waals surface area contributed by atoms with Gasteiger partial charge in [0.25, 0.3) is 0 Å². The summed E-state index contributed by atoms with van der Waals surface area (Å²) in [6.07, 6.45) is 1.91. The molecule has 126 valence electrons. The maximum Gasteiger partial charge on any atom is 0.329 e. The van der Waals surface area contributed by atoms with Crippen LogP contribution >= 0.6 is 0 Å². The molecule has 1 amide bonds. The number of benzene rings is 1. The smallest absolute Gasteiger partial charge is 0.329 e. The van der Waals surface area contributed by atoms with Crippen LogP contribution in [-0.4, -0.2) is 41.0 Å². The van der Waals surface area contributed by atoms with Gasteiger partial charge in [0.1, 0.15) is 11.6 Å². The highest BCUT2D eigenvalue weighted by Gasteiger charge is 2.38. The average Bonchev–Trinajstić information content (AvgIpc) is 2.95. The quantitative estimate of drug-likeness (QED) is 0.861. The molecule has 0 unspecified atom stereocenters. The van der Waals surface area contributed by atoms with Crippen LogP contribution in [0.25, 0.3) is 0 Å². The summed E-state index contributed by atoms with van der Waals surface area (Å²) in [6, 6.07) is 8.52. The summed E-state index contributed by atoms with van der Waals surface area (Å²) in [4.78, 5) is 26.5. The Hall–Kier alpha value is -1.88. The van der Waals surface area contributed by atoms with Crippen LogP contribution in [0.4, 0.5) is 0 Å². The maximum atomic E-state index is 12.6. The van der Waals surface area contributed by atoms with Gasteiger partial charge in [0.2, 0.25) is 5.91 Å². The molecule has 1 saturated heterocycles. The van der Waals surface area contributed by atoms with Crippen molar-refractivity contribution in [1.82, 2.24) is 4.90 Å². The predicted molar refractivity (Wildman–Crippen MR) is 88.7 cm³/mol. The SMILES string of the molecule is CC(C)(C)OC(=O)[C@@H]1CCCN1C(=O)[C@@H](N)Cc1ccccc1. The minimum atomic E-state index is -0.638. The Bertz CT molecular complexity index is 551. The van der Waals surface area contributed by atoms with Gasteiger partial charge in [-0.15, -0.1) is 0 Å². The summed E-state index contributed by atoms with van der Waals surface area (Å²) in [5.74, 6) is -0.516. The molecule has 5 heteroatoms. The van der Waals surface area contributed by atoms with E-state index in [2.05, 4.69) is 0 Å². The van der Waals surface area contributed by atoms with Crippen LogP contribution in [0.15, 0.2) is 30.3 Å². The molecule has 1 aliphatic heterocycles. The minimum absolute atomic E-state index is 0.179. The van der Waals surface area contributed by atoms with Crippen LogP contribution < -0.4 is 5.73 Å². The lowest BCUT2D eigenvalue weighted by molar-refractivity contribution is -0.163. The first-order valence-electron chi connectivity index (χ1n) is 8.11. The summed E-state index contributed by atoms with van der Waals surface area (Å²) in [6.45, 7) is 6.04. The number of carbonyl (C=O) groups excluding carboxylic acids is 2. The number of hydrogen-bond acceptors (Lipinski definition) is 4. The van der Waals surface area contributed by atoms with E-state index >= 15 is 0 Å². The Morgan fingerprint density at radius 1 is 1.30 bits per heavy atom. The number of carbonyl (C=O) groups is 2. The summed E-state index contributed by atoms with van der Waals surface area (Å²) in [5, 5.41) is 0. The summed E-state index contributed by atoms with van der Waals surface area (Å²) in [5.41, 5.74) is 6.54. The van der Waals surface area contributed by atoms with Gasteiger partial charge in [-0.2, -0.15) is 0 Å². The molecule has 2 rings (SSSR count). The van der Waals surface area contributed by atoms with Crippen molar-refractivity contribution in [2.75, 3.05) is 6.54 Å². The third-order valence-corrected chi connectivity index (χ3v) is 3.83. The van der Waals surface area contributed by atoms with E-state index in [4.69, 9.17) is 10.5 Å². The second-order valence-electron chi connectivity index (χ2n) is 7.02. The summed E-state index contributed by atoms with van der Waals surface area (Å²) >= 11 is 0. The molecule has 0 saturated carbocycles. The van der Waals surface area contributed by atoms with E-state index in [1.807, 2.05) is 51.1 Å². The van der Waals surface area contributed by atoms with Crippen molar-refractivity contribution >= 4 is 11.9 Å². The van der Waals surface area contributed by atoms with Crippen LogP contribution in [0.1, 0.15) is 39.2 Å². The molecule has 0 radical (unpaired) electrons. The zero-order valence-electron chi connectivity index (χ0n) is 14.1. The number of nitrogens with two attached hydrogens (primary N) is 1. The van der Waals surface area contributed by atoms with E-state index in [-0.39, 0.29) is 11.9 Å². The third kappa shape index (κ3) is 4.79. The van der Waals surface area contributed by atoms with Gasteiger partial charge < -0.3 is 15.4 Å². The Balaban J connectivity index is 2.01. The Morgan fingerprint density at radius 3 is 2.57 bits per heavy atom. The molecule has 0 bridgehead atoms. The molecule has 23 heavy (non-hydrogen) atoms. The van der Waals surface area contributed by atoms with Gasteiger partial charge >= 0.3 is 5.97 Å². The first-order chi connectivity index (χ1) is 10.8. The molecule has 1 aliphatic rings. The largest absolute Gasteiger partial charge is 0.458 e. The zero-order chi connectivity index (χ0) is 17.0. The first-order valence-corrected chi connectivity index (χ1v) is 8.11. The van der Waals surface area contributed by atoms with Crippen molar-refractivity contribution in [3.63, 3.8) is 0 Å². The van der Waals surface area contributed by atoms with Crippen LogP contribution in [0, 0.1) is 0 Å². The van der Waals surface area contributed by atoms with Gasteiger partial charge in [-0.05, 0) is 45.6 Å². The summed E-state index contributed by atoms with van der Waals surface area (Å²) in [7, 11) is 0. The lowest BCUT2D eigenvalue weighted by Gasteiger charge is -2.29. The molecule has 5 nitrogen and oxygen atoms in total. The number of amides is 1. The van der Waals surface area contributed by atoms with Crippen molar-refractivity contribution in [3.05, 3.63) is 35.9 Å². The number of rotatable bonds is 4. The van der Waals surface area contributed by atoms with Crippen molar-refractivity contribution in [2.24, 2.45) is 5.73 Å². The third-order valence-electron chi connectivity index (χ3n) is 3.83. The van der Waals surface area contributed by atoms with E-state index in [9.17, 15) is 9.59 Å². The molecule has 2 N–H and O–H groups in total. The summed E-state index contributed by atoms with van der Waals surface area (Å²) < 4.78 is 5.43. The Labute approximate surface area is 137 Å². The molecule has 0 aliphatic carbocycles. The van der Waals surface area contributed by atoms with Crippen molar-refractivity contribution in [3.8, 4) is 0 Å². The number of ether oxygens (including phenoxy) is 1. The fourth-order valence-corrected chi connectivity index (χ4v) is 2.81. The fraction of sp³-hybridized carbons (Fsp3) is 0.556. The van der Waals surface area contributed by atoms with E-state index in [0.717, 1.165) is 12.0 Å². The number of hydrogen-bond donors (Lipinski definition) is 1. The lowest BCUT2D eigenvalue weighted by Crippen LogP contribution is -2.50. The fourth-order valence-electron chi connectivity index (χ4n) is 2.81. The van der Waals surface area contributed by atoms with Crippen molar-refractivity contribution in [2.45, 2.75) is 57.7 Å². The van der Waals surface area contributed by atoms with Crippen LogP contribution in [0.5, 0.6) is 0 Å². The Kier molecular flexibility index (Phi) is 5.42. The normalized spacial score (nSPS) is 19.5. The van der Waals surface area contributed by atoms with Crippen LogP contribution in [0.2, 0.25) is 0 Å². The van der Waals surface area contributed by atoms with E-state index in [0.29, 0.717) is 19.4 Å². The predicted octanol–water partition coefficient (Wildman–Crippen LogP) is 1.89. The second kappa shape index (κ2) is 7.13. The van der Waals surface area contributed by atoms with Gasteiger partial charge in [0.15, 0.2) is 0 Å². The van der Waals surface area contributed by atoms with E-state index < -0.39 is 17.7 Å². The maximum absolute atomic E-state index is 12.6. The van der Waals surface area contributed by atoms with Crippen molar-refractivity contribution in [1.29, 1.82) is 0 Å². The molecule has 1 aromatic carbocycles. The minimum Gasteiger partial charge on any atom is -0.458 e. The molecule has 1 aromatic rings. The topological polar surface area (TPSA) is 72.6 Å². The zero-order valence-corrected chi connectivity index (χ0v) is 14.1. The van der Waals surface area contributed by atoms with Gasteiger partial charge in [0, 0.05) is 6.54 Å². The molecule has 2 atom stereocenters.